The first-order valence-corrected chi connectivity index (χ1v) is 11.4. The molecule has 0 aliphatic carbocycles. The van der Waals surface area contributed by atoms with E-state index in [0.717, 1.165) is 15.7 Å². The first-order chi connectivity index (χ1) is 15.4. The Hall–Kier alpha value is -2.97. The molecule has 0 radical (unpaired) electrons. The summed E-state index contributed by atoms with van der Waals surface area (Å²) in [5, 5.41) is 10.8. The Morgan fingerprint density at radius 1 is 1.18 bits per heavy atom. The monoisotopic (exact) mass is 486 g/mol. The van der Waals surface area contributed by atoms with E-state index in [2.05, 4.69) is 15.0 Å². The number of imidazole rings is 1. The number of hydrogen-bond donors (Lipinski definition) is 2. The van der Waals surface area contributed by atoms with Crippen LogP contribution in [0.2, 0.25) is 0 Å². The quantitative estimate of drug-likeness (QED) is 0.554. The third-order valence-electron chi connectivity index (χ3n) is 5.69. The second-order valence-electron chi connectivity index (χ2n) is 7.73. The van der Waals surface area contributed by atoms with E-state index in [1.165, 1.54) is 29.9 Å². The van der Waals surface area contributed by atoms with Gasteiger partial charge in [0.15, 0.2) is 5.82 Å². The van der Waals surface area contributed by atoms with Crippen LogP contribution in [-0.4, -0.2) is 80.5 Å². The van der Waals surface area contributed by atoms with E-state index in [1.54, 1.807) is 12.1 Å². The summed E-state index contributed by atoms with van der Waals surface area (Å²) in [6, 6.07) is 3.22. The van der Waals surface area contributed by atoms with Crippen molar-refractivity contribution in [3.05, 3.63) is 42.7 Å². The summed E-state index contributed by atoms with van der Waals surface area (Å²) in [7, 11) is -2.63. The van der Waals surface area contributed by atoms with Gasteiger partial charge in [-0.05, 0) is 12.1 Å². The van der Waals surface area contributed by atoms with Gasteiger partial charge in [0.05, 0.1) is 6.42 Å². The summed E-state index contributed by atoms with van der Waals surface area (Å²) < 4.78 is 69.4. The summed E-state index contributed by atoms with van der Waals surface area (Å²) in [4.78, 5) is 24.3. The highest BCUT2D eigenvalue weighted by Gasteiger charge is 2.59. The van der Waals surface area contributed by atoms with Crippen molar-refractivity contribution in [1.82, 2.24) is 28.7 Å². The zero-order chi connectivity index (χ0) is 24.0. The fourth-order valence-electron chi connectivity index (χ4n) is 3.86. The van der Waals surface area contributed by atoms with Gasteiger partial charge < -0.3 is 19.6 Å². The van der Waals surface area contributed by atoms with Crippen LogP contribution in [-0.2, 0) is 27.5 Å². The van der Waals surface area contributed by atoms with Gasteiger partial charge in [-0.2, -0.15) is 17.5 Å². The minimum Gasteiger partial charge on any atom is -0.374 e. The Morgan fingerprint density at radius 3 is 2.48 bits per heavy atom. The number of rotatable bonds is 5. The summed E-state index contributed by atoms with van der Waals surface area (Å²) in [5.74, 6) is -1.65. The van der Waals surface area contributed by atoms with Gasteiger partial charge >= 0.3 is 6.18 Å². The van der Waals surface area contributed by atoms with E-state index >= 15 is 0 Å². The molecule has 33 heavy (non-hydrogen) atoms. The Morgan fingerprint density at radius 2 is 1.88 bits per heavy atom. The average molecular weight is 486 g/mol. The minimum atomic E-state index is -5.14. The van der Waals surface area contributed by atoms with Crippen molar-refractivity contribution >= 4 is 27.0 Å². The van der Waals surface area contributed by atoms with E-state index < -0.39 is 40.0 Å². The smallest absolute Gasteiger partial charge is 0.374 e. The molecule has 2 N–H and O–H groups in total. The summed E-state index contributed by atoms with van der Waals surface area (Å²) in [6.45, 7) is -0.442. The standard InChI is InChI=1S/C19H21F3N6O4S/c1-26-6-5-24-17(26)18(30,19(20,21)22)11-15(29)27-7-9-28(10-8-27)33(31,32)14-12-25-16-13(14)3-2-4-23-16/h2-6,12,30H,7-11H2,1H3,(H,23,25). The van der Waals surface area contributed by atoms with Crippen LogP contribution in [0.25, 0.3) is 11.0 Å². The van der Waals surface area contributed by atoms with E-state index in [0.29, 0.717) is 11.0 Å². The number of aliphatic hydroxyl groups is 1. The van der Waals surface area contributed by atoms with Gasteiger partial charge in [-0.25, -0.2) is 18.4 Å². The first kappa shape index (κ1) is 23.2. The number of carbonyl (C=O) groups excluding carboxylic acids is 1. The molecular weight excluding hydrogens is 465 g/mol. The van der Waals surface area contributed by atoms with Crippen LogP contribution in [0.5, 0.6) is 0 Å². The first-order valence-electron chi connectivity index (χ1n) is 9.92. The highest BCUT2D eigenvalue weighted by Crippen LogP contribution is 2.41. The van der Waals surface area contributed by atoms with Crippen molar-refractivity contribution in [2.24, 2.45) is 7.05 Å². The van der Waals surface area contributed by atoms with Crippen LogP contribution >= 0.6 is 0 Å². The van der Waals surface area contributed by atoms with Gasteiger partial charge in [0.2, 0.25) is 21.5 Å². The molecule has 10 nitrogen and oxygen atoms in total. The molecule has 4 heterocycles. The fraction of sp³-hybridized carbons (Fsp3) is 0.421. The van der Waals surface area contributed by atoms with Gasteiger partial charge in [0.25, 0.3) is 0 Å². The van der Waals surface area contributed by atoms with Crippen LogP contribution in [0.1, 0.15) is 12.2 Å². The van der Waals surface area contributed by atoms with Crippen molar-refractivity contribution in [1.29, 1.82) is 0 Å². The van der Waals surface area contributed by atoms with E-state index in [-0.39, 0.29) is 31.1 Å². The van der Waals surface area contributed by atoms with E-state index in [9.17, 15) is 31.5 Å². The maximum absolute atomic E-state index is 13.7. The zero-order valence-electron chi connectivity index (χ0n) is 17.4. The Kier molecular flexibility index (Phi) is 5.70. The number of nitrogens with zero attached hydrogens (tertiary/aromatic N) is 5. The SMILES string of the molecule is Cn1ccnc1C(O)(CC(=O)N1CCN(S(=O)(=O)c2c[nH]c3ncccc23)CC1)C(F)(F)F. The number of carbonyl (C=O) groups is 1. The van der Waals surface area contributed by atoms with E-state index in [4.69, 9.17) is 0 Å². The number of pyridine rings is 1. The Balaban J connectivity index is 1.48. The molecule has 4 rings (SSSR count). The molecule has 1 unspecified atom stereocenters. The molecule has 178 valence electrons. The van der Waals surface area contributed by atoms with Crippen LogP contribution in [0.4, 0.5) is 13.2 Å². The average Bonchev–Trinajstić information content (AvgIpc) is 3.39. The molecule has 1 aliphatic heterocycles. The third-order valence-corrected chi connectivity index (χ3v) is 7.63. The molecule has 0 bridgehead atoms. The lowest BCUT2D eigenvalue weighted by Gasteiger charge is -2.36. The van der Waals surface area contributed by atoms with Gasteiger partial charge in [-0.1, -0.05) is 0 Å². The van der Waals surface area contributed by atoms with Gasteiger partial charge in [0.1, 0.15) is 10.5 Å². The van der Waals surface area contributed by atoms with Gasteiger partial charge in [0, 0.05) is 63.4 Å². The van der Waals surface area contributed by atoms with Crippen LogP contribution in [0.15, 0.2) is 41.8 Å². The number of sulfonamides is 1. The minimum absolute atomic E-state index is 0.0339. The number of aromatic amines is 1. The largest absolute Gasteiger partial charge is 0.425 e. The normalized spacial score (nSPS) is 17.9. The van der Waals surface area contributed by atoms with Crippen LogP contribution in [0.3, 0.4) is 0 Å². The van der Waals surface area contributed by atoms with Crippen molar-refractivity contribution in [3.8, 4) is 0 Å². The predicted octanol–water partition coefficient (Wildman–Crippen LogP) is 0.970. The molecule has 1 saturated heterocycles. The molecule has 0 aromatic carbocycles. The second kappa shape index (κ2) is 8.11. The lowest BCUT2D eigenvalue weighted by atomic mass is 9.96. The summed E-state index contributed by atoms with van der Waals surface area (Å²) in [6.07, 6.45) is -1.22. The number of fused-ring (bicyclic) bond motifs is 1. The number of alkyl halides is 3. The van der Waals surface area contributed by atoms with Crippen molar-refractivity contribution in [2.75, 3.05) is 26.2 Å². The third kappa shape index (κ3) is 3.98. The van der Waals surface area contributed by atoms with Crippen molar-refractivity contribution in [3.63, 3.8) is 0 Å². The molecule has 3 aromatic heterocycles. The molecule has 0 spiro atoms. The molecule has 0 saturated carbocycles. The molecule has 3 aromatic rings. The Bertz CT molecular complexity index is 1280. The molecule has 1 fully saturated rings. The number of nitrogens with one attached hydrogen (secondary N) is 1. The molecule has 1 atom stereocenters. The topological polar surface area (TPSA) is 124 Å². The number of piperazine rings is 1. The van der Waals surface area contributed by atoms with Crippen molar-refractivity contribution in [2.45, 2.75) is 23.1 Å². The Labute approximate surface area is 186 Å². The molecule has 1 amide bonds. The molecule has 1 aliphatic rings. The highest BCUT2D eigenvalue weighted by atomic mass is 32.2. The van der Waals surface area contributed by atoms with Crippen molar-refractivity contribution < 1.29 is 31.5 Å². The fourth-order valence-corrected chi connectivity index (χ4v) is 5.43. The number of aryl methyl sites for hydroxylation is 1. The van der Waals surface area contributed by atoms with Gasteiger partial charge in [-0.3, -0.25) is 4.79 Å². The van der Waals surface area contributed by atoms with E-state index in [1.807, 2.05) is 0 Å². The summed E-state index contributed by atoms with van der Waals surface area (Å²) in [5.41, 5.74) is -3.06. The maximum Gasteiger partial charge on any atom is 0.425 e. The lowest BCUT2D eigenvalue weighted by Crippen LogP contribution is -2.53. The van der Waals surface area contributed by atoms with Gasteiger partial charge in [-0.15, -0.1) is 0 Å². The second-order valence-corrected chi connectivity index (χ2v) is 9.64. The zero-order valence-corrected chi connectivity index (χ0v) is 18.3. The van der Waals surface area contributed by atoms with Crippen LogP contribution in [0, 0.1) is 0 Å². The molecular formula is C19H21F3N6O4S. The maximum atomic E-state index is 13.7. The number of aromatic nitrogens is 4. The number of amides is 1. The number of halogens is 3. The lowest BCUT2D eigenvalue weighted by molar-refractivity contribution is -0.272. The number of hydrogen-bond acceptors (Lipinski definition) is 6. The highest BCUT2D eigenvalue weighted by molar-refractivity contribution is 7.89. The summed E-state index contributed by atoms with van der Waals surface area (Å²) >= 11 is 0. The van der Waals surface area contributed by atoms with Crippen LogP contribution < -0.4 is 0 Å². The predicted molar refractivity (Wildman–Crippen MR) is 109 cm³/mol. The molecule has 14 heteroatoms. The number of H-pyrrole nitrogens is 1.